The van der Waals surface area contributed by atoms with Crippen molar-refractivity contribution in [1.82, 2.24) is 24.9 Å². The number of aromatic nitrogens is 2. The molecule has 29 heavy (non-hydrogen) atoms. The monoisotopic (exact) mass is 399 g/mol. The summed E-state index contributed by atoms with van der Waals surface area (Å²) in [5.74, 6) is -0.408. The first-order chi connectivity index (χ1) is 14.0. The molecule has 1 N–H and O–H groups in total. The molecule has 2 aliphatic rings. The number of carbonyl (C=O) groups is 2. The van der Waals surface area contributed by atoms with Gasteiger partial charge in [0.25, 0.3) is 5.91 Å². The van der Waals surface area contributed by atoms with Gasteiger partial charge < -0.3 is 14.7 Å². The van der Waals surface area contributed by atoms with Crippen LogP contribution in [0.5, 0.6) is 0 Å². The second kappa shape index (κ2) is 8.32. The number of piperazine rings is 1. The highest BCUT2D eigenvalue weighted by molar-refractivity contribution is 5.94. The molecule has 1 saturated heterocycles. The van der Waals surface area contributed by atoms with Crippen molar-refractivity contribution in [2.24, 2.45) is 0 Å². The van der Waals surface area contributed by atoms with Gasteiger partial charge in [-0.15, -0.1) is 0 Å². The summed E-state index contributed by atoms with van der Waals surface area (Å²) in [4.78, 5) is 31.7. The first-order valence-corrected chi connectivity index (χ1v) is 10.1. The molecule has 0 aliphatic carbocycles. The molecule has 4 rings (SSSR count). The molecule has 2 amide bonds. The van der Waals surface area contributed by atoms with Crippen LogP contribution < -0.4 is 0 Å². The lowest BCUT2D eigenvalue weighted by Gasteiger charge is -2.34. The molecule has 2 aromatic rings. The molecule has 3 heterocycles. The Morgan fingerprint density at radius 1 is 1.07 bits per heavy atom. The third-order valence-electron chi connectivity index (χ3n) is 5.86. The molecule has 0 atom stereocenters. The van der Waals surface area contributed by atoms with Crippen LogP contribution in [0.3, 0.4) is 0 Å². The normalized spacial score (nSPS) is 17.3. The van der Waals surface area contributed by atoms with Gasteiger partial charge in [-0.2, -0.15) is 5.10 Å². The Kier molecular flexibility index (Phi) is 5.62. The first-order valence-electron chi connectivity index (χ1n) is 10.1. The van der Waals surface area contributed by atoms with Gasteiger partial charge in [0.15, 0.2) is 5.69 Å². The fourth-order valence-electron chi connectivity index (χ4n) is 3.99. The number of H-pyrrole nitrogens is 1. The van der Waals surface area contributed by atoms with E-state index in [-0.39, 0.29) is 24.1 Å². The highest BCUT2D eigenvalue weighted by atomic mass is 19.1. The Bertz CT molecular complexity index is 887. The molecule has 0 radical (unpaired) electrons. The maximum atomic E-state index is 13.1. The number of benzene rings is 1. The van der Waals surface area contributed by atoms with Crippen molar-refractivity contribution >= 4 is 11.8 Å². The van der Waals surface area contributed by atoms with Crippen molar-refractivity contribution < 1.29 is 14.0 Å². The molecular formula is C21H26FN5O2. The number of fused-ring (bicyclic) bond motifs is 1. The molecule has 0 bridgehead atoms. The molecule has 0 spiro atoms. The topological polar surface area (TPSA) is 72.5 Å². The summed E-state index contributed by atoms with van der Waals surface area (Å²) in [5, 5.41) is 7.28. The maximum absolute atomic E-state index is 13.1. The number of hydrogen-bond acceptors (Lipinski definition) is 4. The van der Waals surface area contributed by atoms with Crippen LogP contribution in [0, 0.1) is 5.82 Å². The number of amides is 2. The molecule has 1 aromatic heterocycles. The van der Waals surface area contributed by atoms with Crippen molar-refractivity contribution in [2.45, 2.75) is 26.3 Å². The summed E-state index contributed by atoms with van der Waals surface area (Å²) in [5.41, 5.74) is 2.97. The Balaban J connectivity index is 1.44. The second-order valence-electron chi connectivity index (χ2n) is 7.62. The predicted octanol–water partition coefficient (Wildman–Crippen LogP) is 1.45. The average Bonchev–Trinajstić information content (AvgIpc) is 3.18. The highest BCUT2D eigenvalue weighted by Gasteiger charge is 2.31. The van der Waals surface area contributed by atoms with Gasteiger partial charge in [-0.05, 0) is 24.2 Å². The molecule has 1 aromatic carbocycles. The SMILES string of the molecule is CCN1CCN(C(=O)c2n[nH]c3c2CN(C(=O)Cc2ccc(F)cc2)CC3)CC1. The average molecular weight is 399 g/mol. The number of aromatic amines is 1. The molecule has 154 valence electrons. The van der Waals surface area contributed by atoms with Gasteiger partial charge >= 0.3 is 0 Å². The largest absolute Gasteiger partial charge is 0.338 e. The fourth-order valence-corrected chi connectivity index (χ4v) is 3.99. The molecule has 8 heteroatoms. The summed E-state index contributed by atoms with van der Waals surface area (Å²) < 4.78 is 13.1. The van der Waals surface area contributed by atoms with Crippen LogP contribution in [0.15, 0.2) is 24.3 Å². The summed E-state index contributed by atoms with van der Waals surface area (Å²) in [6, 6.07) is 5.99. The van der Waals surface area contributed by atoms with E-state index < -0.39 is 0 Å². The van der Waals surface area contributed by atoms with Crippen molar-refractivity contribution in [2.75, 3.05) is 39.3 Å². The Hall–Kier alpha value is -2.74. The van der Waals surface area contributed by atoms with E-state index >= 15 is 0 Å². The number of hydrogen-bond donors (Lipinski definition) is 1. The van der Waals surface area contributed by atoms with Gasteiger partial charge in [-0.25, -0.2) is 4.39 Å². The Morgan fingerprint density at radius 3 is 2.48 bits per heavy atom. The number of likely N-dealkylation sites (N-methyl/N-ethyl adjacent to an activating group) is 1. The standard InChI is InChI=1S/C21H26FN5O2/c1-2-25-9-11-26(12-10-25)21(29)20-17-14-27(8-7-18(17)23-24-20)19(28)13-15-3-5-16(22)6-4-15/h3-6H,2,7-14H2,1H3,(H,23,24). The first kappa shape index (κ1) is 19.6. The van der Waals surface area contributed by atoms with E-state index in [0.29, 0.717) is 38.3 Å². The van der Waals surface area contributed by atoms with Crippen LogP contribution in [0.2, 0.25) is 0 Å². The van der Waals surface area contributed by atoms with E-state index in [2.05, 4.69) is 22.0 Å². The lowest BCUT2D eigenvalue weighted by Crippen LogP contribution is -2.48. The minimum Gasteiger partial charge on any atom is -0.338 e. The highest BCUT2D eigenvalue weighted by Crippen LogP contribution is 2.23. The molecular weight excluding hydrogens is 373 g/mol. The predicted molar refractivity (Wildman–Crippen MR) is 106 cm³/mol. The van der Waals surface area contributed by atoms with Gasteiger partial charge in [-0.1, -0.05) is 19.1 Å². The van der Waals surface area contributed by atoms with E-state index in [1.807, 2.05) is 4.90 Å². The zero-order valence-electron chi connectivity index (χ0n) is 16.7. The minimum atomic E-state index is -0.315. The van der Waals surface area contributed by atoms with Crippen molar-refractivity contribution in [3.05, 3.63) is 52.6 Å². The zero-order chi connectivity index (χ0) is 20.4. The van der Waals surface area contributed by atoms with E-state index in [0.717, 1.165) is 36.5 Å². The Labute approximate surface area is 169 Å². The van der Waals surface area contributed by atoms with Crippen molar-refractivity contribution in [1.29, 1.82) is 0 Å². The van der Waals surface area contributed by atoms with E-state index in [1.54, 1.807) is 17.0 Å². The van der Waals surface area contributed by atoms with Crippen LogP contribution in [-0.4, -0.2) is 76.0 Å². The quantitative estimate of drug-likeness (QED) is 0.845. The third-order valence-corrected chi connectivity index (χ3v) is 5.86. The van der Waals surface area contributed by atoms with Crippen LogP contribution in [-0.2, 0) is 24.2 Å². The van der Waals surface area contributed by atoms with E-state index in [4.69, 9.17) is 0 Å². The van der Waals surface area contributed by atoms with Gasteiger partial charge in [-0.3, -0.25) is 14.7 Å². The van der Waals surface area contributed by atoms with Crippen molar-refractivity contribution in [3.63, 3.8) is 0 Å². The molecule has 0 saturated carbocycles. The Morgan fingerprint density at radius 2 is 1.79 bits per heavy atom. The number of nitrogens with one attached hydrogen (secondary N) is 1. The number of carbonyl (C=O) groups excluding carboxylic acids is 2. The number of nitrogens with zero attached hydrogens (tertiary/aromatic N) is 4. The third kappa shape index (κ3) is 4.17. The van der Waals surface area contributed by atoms with E-state index in [9.17, 15) is 14.0 Å². The summed E-state index contributed by atoms with van der Waals surface area (Å²) >= 11 is 0. The molecule has 7 nitrogen and oxygen atoms in total. The summed E-state index contributed by atoms with van der Waals surface area (Å²) in [7, 11) is 0. The van der Waals surface area contributed by atoms with Crippen LogP contribution in [0.4, 0.5) is 4.39 Å². The second-order valence-corrected chi connectivity index (χ2v) is 7.62. The summed E-state index contributed by atoms with van der Waals surface area (Å²) in [6.45, 7) is 7.21. The molecule has 2 aliphatic heterocycles. The lowest BCUT2D eigenvalue weighted by molar-refractivity contribution is -0.131. The van der Waals surface area contributed by atoms with Crippen LogP contribution >= 0.6 is 0 Å². The van der Waals surface area contributed by atoms with Crippen molar-refractivity contribution in [3.8, 4) is 0 Å². The summed E-state index contributed by atoms with van der Waals surface area (Å²) in [6.07, 6.45) is 0.865. The minimum absolute atomic E-state index is 0.0292. The van der Waals surface area contributed by atoms with Gasteiger partial charge in [0, 0.05) is 56.9 Å². The molecule has 1 fully saturated rings. The smallest absolute Gasteiger partial charge is 0.274 e. The maximum Gasteiger partial charge on any atom is 0.274 e. The van der Waals surface area contributed by atoms with Gasteiger partial charge in [0.05, 0.1) is 6.42 Å². The fraction of sp³-hybridized carbons (Fsp3) is 0.476. The number of halogens is 1. The van der Waals surface area contributed by atoms with Gasteiger partial charge in [0.2, 0.25) is 5.91 Å². The molecule has 0 unspecified atom stereocenters. The lowest BCUT2D eigenvalue weighted by atomic mass is 10.0. The van der Waals surface area contributed by atoms with Gasteiger partial charge in [0.1, 0.15) is 5.82 Å². The zero-order valence-corrected chi connectivity index (χ0v) is 16.7. The van der Waals surface area contributed by atoms with Crippen LogP contribution in [0.1, 0.15) is 34.2 Å². The van der Waals surface area contributed by atoms with Crippen LogP contribution in [0.25, 0.3) is 0 Å². The number of rotatable bonds is 4. The van der Waals surface area contributed by atoms with E-state index in [1.165, 1.54) is 12.1 Å².